The lowest BCUT2D eigenvalue weighted by Gasteiger charge is -2.44. The van der Waals surface area contributed by atoms with Crippen LogP contribution in [0.1, 0.15) is 31.7 Å². The summed E-state index contributed by atoms with van der Waals surface area (Å²) in [6, 6.07) is 9.24. The Labute approximate surface area is 197 Å². The van der Waals surface area contributed by atoms with Gasteiger partial charge in [-0.2, -0.15) is 0 Å². The minimum atomic E-state index is -1.56. The van der Waals surface area contributed by atoms with Crippen molar-refractivity contribution >= 4 is 23.5 Å². The zero-order valence-electron chi connectivity index (χ0n) is 19.2. The molecule has 1 aromatic carbocycles. The van der Waals surface area contributed by atoms with E-state index in [0.717, 1.165) is 5.56 Å². The van der Waals surface area contributed by atoms with Crippen LogP contribution in [0.25, 0.3) is 0 Å². The van der Waals surface area contributed by atoms with Crippen LogP contribution >= 0.6 is 0 Å². The third kappa shape index (κ3) is 2.17. The van der Waals surface area contributed by atoms with Gasteiger partial charge in [-0.1, -0.05) is 36.9 Å². The van der Waals surface area contributed by atoms with Gasteiger partial charge in [0.1, 0.15) is 17.6 Å². The van der Waals surface area contributed by atoms with Crippen LogP contribution in [0.15, 0.2) is 54.6 Å². The van der Waals surface area contributed by atoms with E-state index in [1.807, 2.05) is 30.3 Å². The van der Waals surface area contributed by atoms with E-state index in [1.165, 1.54) is 13.0 Å². The highest BCUT2D eigenvalue weighted by molar-refractivity contribution is 6.15. The number of methoxy groups -OCH3 is 1. The fraction of sp³-hybridized carbons (Fsp3) is 0.481. The molecule has 7 atom stereocenters. The summed E-state index contributed by atoms with van der Waals surface area (Å²) in [6.07, 6.45) is 4.30. The molecule has 1 spiro atoms. The van der Waals surface area contributed by atoms with Crippen molar-refractivity contribution in [2.45, 2.75) is 44.0 Å². The first-order valence-corrected chi connectivity index (χ1v) is 11.6. The number of ketones is 2. The van der Waals surface area contributed by atoms with Crippen LogP contribution in [-0.4, -0.2) is 41.8 Å². The van der Waals surface area contributed by atoms with Gasteiger partial charge in [0.05, 0.1) is 16.9 Å². The van der Waals surface area contributed by atoms with Crippen molar-refractivity contribution < 1.29 is 33.4 Å². The maximum atomic E-state index is 14.0. The molecule has 7 heteroatoms. The first-order chi connectivity index (χ1) is 16.2. The Hall–Kier alpha value is -3.06. The molecular formula is C27H26O7. The summed E-state index contributed by atoms with van der Waals surface area (Å²) in [5, 5.41) is 0. The average molecular weight is 462 g/mol. The van der Waals surface area contributed by atoms with E-state index in [1.54, 1.807) is 13.2 Å². The minimum Gasteiger partial charge on any atom is -0.461 e. The van der Waals surface area contributed by atoms with Crippen LogP contribution in [0, 0.1) is 28.6 Å². The highest BCUT2D eigenvalue weighted by atomic mass is 16.6. The molecule has 4 aliphatic carbocycles. The molecule has 1 saturated heterocycles. The topological polar surface area (TPSA) is 96.0 Å². The van der Waals surface area contributed by atoms with E-state index >= 15 is 0 Å². The van der Waals surface area contributed by atoms with Crippen molar-refractivity contribution in [1.82, 2.24) is 0 Å². The van der Waals surface area contributed by atoms with E-state index in [9.17, 15) is 19.2 Å². The van der Waals surface area contributed by atoms with Gasteiger partial charge in [-0.3, -0.25) is 19.2 Å². The molecule has 0 radical (unpaired) electrons. The molecule has 1 heterocycles. The second-order valence-corrected chi connectivity index (χ2v) is 10.5. The zero-order valence-corrected chi connectivity index (χ0v) is 19.2. The maximum Gasteiger partial charge on any atom is 0.321 e. The summed E-state index contributed by atoms with van der Waals surface area (Å²) in [7, 11) is 1.55. The van der Waals surface area contributed by atoms with Gasteiger partial charge in [-0.05, 0) is 43.9 Å². The monoisotopic (exact) mass is 462 g/mol. The van der Waals surface area contributed by atoms with Crippen LogP contribution < -0.4 is 0 Å². The summed E-state index contributed by atoms with van der Waals surface area (Å²) in [5.74, 6) is -4.22. The Bertz CT molecular complexity index is 1200. The molecular weight excluding hydrogens is 436 g/mol. The smallest absolute Gasteiger partial charge is 0.321 e. The first-order valence-electron chi connectivity index (χ1n) is 11.6. The van der Waals surface area contributed by atoms with Crippen molar-refractivity contribution in [2.24, 2.45) is 28.6 Å². The van der Waals surface area contributed by atoms with Crippen LogP contribution in [0.2, 0.25) is 0 Å². The number of carbonyl (C=O) groups is 4. The van der Waals surface area contributed by atoms with E-state index in [0.29, 0.717) is 18.4 Å². The van der Waals surface area contributed by atoms with Gasteiger partial charge in [0, 0.05) is 24.5 Å². The summed E-state index contributed by atoms with van der Waals surface area (Å²) in [4.78, 5) is 54.1. The quantitative estimate of drug-likeness (QED) is 0.386. The lowest BCUT2D eigenvalue weighted by Crippen LogP contribution is -2.50. The maximum absolute atomic E-state index is 14.0. The molecule has 7 nitrogen and oxygen atoms in total. The van der Waals surface area contributed by atoms with Crippen LogP contribution in [0.3, 0.4) is 0 Å². The first kappa shape index (κ1) is 21.5. The highest BCUT2D eigenvalue weighted by Crippen LogP contribution is 2.76. The predicted octanol–water partition coefficient (Wildman–Crippen LogP) is 2.73. The van der Waals surface area contributed by atoms with E-state index < -0.39 is 57.5 Å². The Kier molecular flexibility index (Phi) is 4.13. The molecule has 6 rings (SSSR count). The molecule has 4 fully saturated rings. The standard InChI is InChI=1S/C27H26O7/c1-15-21(29)26-14-25(15,32-3)11-9-17(26)27-12-10-18(28)24(2,23(31)34-27)20(27)19(26)22(30)33-13-16-7-5-4-6-8-16/h4-8,10,12,17,19-20H,1,9,11,13-14H2,2-3H3/t17-,19-,20-,24+,25+,26-,27-/m1/s1. The second kappa shape index (κ2) is 6.54. The van der Waals surface area contributed by atoms with Gasteiger partial charge in [0.2, 0.25) is 0 Å². The van der Waals surface area contributed by atoms with Crippen LogP contribution in [0.4, 0.5) is 0 Å². The molecule has 3 saturated carbocycles. The third-order valence-electron chi connectivity index (χ3n) is 9.39. The number of Topliss-reactive ketones (excluding diaryl/α,β-unsaturated/α-hetero) is 1. The lowest BCUT2D eigenvalue weighted by atomic mass is 9.61. The van der Waals surface area contributed by atoms with Gasteiger partial charge < -0.3 is 14.2 Å². The van der Waals surface area contributed by atoms with Gasteiger partial charge in [0.25, 0.3) is 0 Å². The van der Waals surface area contributed by atoms with Crippen molar-refractivity contribution in [3.05, 3.63) is 60.2 Å². The number of rotatable bonds is 4. The summed E-state index contributed by atoms with van der Waals surface area (Å²) in [6.45, 7) is 5.63. The molecule has 0 aromatic heterocycles. The molecule has 4 bridgehead atoms. The minimum absolute atomic E-state index is 0.0243. The predicted molar refractivity (Wildman–Crippen MR) is 118 cm³/mol. The van der Waals surface area contributed by atoms with Crippen molar-refractivity contribution in [3.63, 3.8) is 0 Å². The van der Waals surface area contributed by atoms with E-state index in [-0.39, 0.29) is 18.8 Å². The third-order valence-corrected chi connectivity index (χ3v) is 9.39. The highest BCUT2D eigenvalue weighted by Gasteiger charge is 2.86. The second-order valence-electron chi connectivity index (χ2n) is 10.5. The molecule has 0 unspecified atom stereocenters. The zero-order chi connectivity index (χ0) is 24.1. The number of fused-ring (bicyclic) bond motifs is 1. The van der Waals surface area contributed by atoms with Crippen LogP contribution in [-0.2, 0) is 40.0 Å². The summed E-state index contributed by atoms with van der Waals surface area (Å²) < 4.78 is 17.6. The number of esters is 2. The molecule has 5 aliphatic rings. The Morgan fingerprint density at radius 3 is 2.65 bits per heavy atom. The fourth-order valence-electron chi connectivity index (χ4n) is 7.84. The van der Waals surface area contributed by atoms with Crippen molar-refractivity contribution in [1.29, 1.82) is 0 Å². The largest absolute Gasteiger partial charge is 0.461 e. The molecule has 0 amide bonds. The normalized spacial score (nSPS) is 43.5. The lowest BCUT2D eigenvalue weighted by molar-refractivity contribution is -0.168. The molecule has 1 aliphatic heterocycles. The van der Waals surface area contributed by atoms with Gasteiger partial charge in [-0.15, -0.1) is 0 Å². The van der Waals surface area contributed by atoms with Crippen molar-refractivity contribution in [2.75, 3.05) is 7.11 Å². The number of hydrogen-bond donors (Lipinski definition) is 0. The Morgan fingerprint density at radius 2 is 1.94 bits per heavy atom. The number of allylic oxidation sites excluding steroid dienone is 1. The molecule has 1 aromatic rings. The summed E-state index contributed by atoms with van der Waals surface area (Å²) in [5.41, 5.74) is -3.70. The molecule has 176 valence electrons. The van der Waals surface area contributed by atoms with Gasteiger partial charge in [0.15, 0.2) is 11.6 Å². The summed E-state index contributed by atoms with van der Waals surface area (Å²) >= 11 is 0. The van der Waals surface area contributed by atoms with E-state index in [4.69, 9.17) is 14.2 Å². The molecule has 0 N–H and O–H groups in total. The van der Waals surface area contributed by atoms with Gasteiger partial charge >= 0.3 is 11.9 Å². The fourth-order valence-corrected chi connectivity index (χ4v) is 7.84. The van der Waals surface area contributed by atoms with Crippen molar-refractivity contribution in [3.8, 4) is 0 Å². The number of hydrogen-bond acceptors (Lipinski definition) is 7. The van der Waals surface area contributed by atoms with Gasteiger partial charge in [-0.25, -0.2) is 0 Å². The number of carbonyl (C=O) groups excluding carboxylic acids is 4. The van der Waals surface area contributed by atoms with E-state index in [2.05, 4.69) is 6.58 Å². The number of benzene rings is 1. The number of ether oxygens (including phenoxy) is 3. The van der Waals surface area contributed by atoms with Crippen LogP contribution in [0.5, 0.6) is 0 Å². The average Bonchev–Trinajstić information content (AvgIpc) is 3.27. The molecule has 34 heavy (non-hydrogen) atoms. The Morgan fingerprint density at radius 1 is 1.21 bits per heavy atom. The Balaban J connectivity index is 1.51. The SMILES string of the molecule is C=C1C(=O)[C@]23C[C@@]1(OC)CC[C@H]2[C@@]12C=CC(=O)[C@](C)(C(=O)O1)[C@H]2[C@@H]3C(=O)OCc1ccccc1.